The van der Waals surface area contributed by atoms with Crippen LogP contribution in [-0.2, 0) is 11.2 Å². The molecule has 1 aromatic carbocycles. The Hall–Kier alpha value is -2.18. The lowest BCUT2D eigenvalue weighted by Crippen LogP contribution is -2.44. The smallest absolute Gasteiger partial charge is 0.254 e. The predicted octanol–water partition coefficient (Wildman–Crippen LogP) is 2.70. The number of aliphatic hydroxyl groups is 1. The summed E-state index contributed by atoms with van der Waals surface area (Å²) in [6, 6.07) is 6.80. The lowest BCUT2D eigenvalue weighted by molar-refractivity contribution is -0.137. The molecule has 0 fully saturated rings. The fourth-order valence-electron chi connectivity index (χ4n) is 3.39. The summed E-state index contributed by atoms with van der Waals surface area (Å²) in [7, 11) is 0. The summed E-state index contributed by atoms with van der Waals surface area (Å²) < 4.78 is 0. The van der Waals surface area contributed by atoms with Crippen LogP contribution in [0.4, 0.5) is 0 Å². The van der Waals surface area contributed by atoms with E-state index in [0.29, 0.717) is 41.5 Å². The number of aliphatic hydroxyl groups excluding tert-OH is 1. The van der Waals surface area contributed by atoms with Crippen LogP contribution in [0.5, 0.6) is 0 Å². The third-order valence-electron chi connectivity index (χ3n) is 4.75. The Balaban J connectivity index is 2.08. The maximum Gasteiger partial charge on any atom is 0.254 e. The van der Waals surface area contributed by atoms with Gasteiger partial charge in [-0.2, -0.15) is 0 Å². The van der Waals surface area contributed by atoms with Gasteiger partial charge >= 0.3 is 0 Å². The van der Waals surface area contributed by atoms with Crippen molar-refractivity contribution in [2.75, 3.05) is 13.2 Å². The molecule has 7 heteroatoms. The van der Waals surface area contributed by atoms with E-state index in [9.17, 15) is 14.7 Å². The van der Waals surface area contributed by atoms with E-state index >= 15 is 0 Å². The highest BCUT2D eigenvalue weighted by atomic mass is 35.5. The summed E-state index contributed by atoms with van der Waals surface area (Å²) in [5, 5.41) is 9.91. The zero-order chi connectivity index (χ0) is 18.7. The molecule has 2 aromatic rings. The average molecular weight is 376 g/mol. The average Bonchev–Trinajstić information content (AvgIpc) is 2.65. The molecule has 2 heterocycles. The third kappa shape index (κ3) is 3.66. The van der Waals surface area contributed by atoms with Crippen LogP contribution >= 0.6 is 11.6 Å². The molecule has 0 saturated carbocycles. The van der Waals surface area contributed by atoms with Crippen LogP contribution in [-0.4, -0.2) is 39.0 Å². The maximum atomic E-state index is 12.6. The fourth-order valence-corrected chi connectivity index (χ4v) is 3.52. The Bertz CT molecular complexity index is 848. The van der Waals surface area contributed by atoms with Gasteiger partial charge in [-0.25, -0.2) is 4.98 Å². The highest BCUT2D eigenvalue weighted by Crippen LogP contribution is 2.32. The van der Waals surface area contributed by atoms with Gasteiger partial charge in [0.2, 0.25) is 5.91 Å². The van der Waals surface area contributed by atoms with Gasteiger partial charge in [0.1, 0.15) is 12.4 Å². The minimum atomic E-state index is -0.537. The number of H-pyrrole nitrogens is 1. The number of fused-ring (bicyclic) bond motifs is 1. The zero-order valence-electron chi connectivity index (χ0n) is 14.7. The Kier molecular flexibility index (Phi) is 5.74. The fraction of sp³-hybridized carbons (Fsp3) is 0.421. The lowest BCUT2D eigenvalue weighted by atomic mass is 9.94. The van der Waals surface area contributed by atoms with Crippen LogP contribution in [0.3, 0.4) is 0 Å². The molecule has 0 bridgehead atoms. The van der Waals surface area contributed by atoms with Crippen molar-refractivity contribution < 1.29 is 9.90 Å². The molecule has 3 rings (SSSR count). The molecule has 26 heavy (non-hydrogen) atoms. The molecule has 0 spiro atoms. The van der Waals surface area contributed by atoms with Crippen molar-refractivity contribution in [1.82, 2.24) is 14.9 Å². The van der Waals surface area contributed by atoms with Crippen LogP contribution in [0, 0.1) is 0 Å². The van der Waals surface area contributed by atoms with Crippen LogP contribution in [0.25, 0.3) is 11.4 Å². The summed E-state index contributed by atoms with van der Waals surface area (Å²) in [6.45, 7) is 1.96. The molecule has 1 unspecified atom stereocenters. The topological polar surface area (TPSA) is 86.3 Å². The second-order valence-electron chi connectivity index (χ2n) is 6.44. The molecule has 6 nitrogen and oxygen atoms in total. The molecule has 2 N–H and O–H groups in total. The summed E-state index contributed by atoms with van der Waals surface area (Å²) >= 11 is 5.94. The van der Waals surface area contributed by atoms with E-state index in [1.54, 1.807) is 29.2 Å². The summed E-state index contributed by atoms with van der Waals surface area (Å²) in [6.07, 6.45) is 3.03. The molecule has 138 valence electrons. The molecule has 0 radical (unpaired) electrons. The number of carbonyl (C=O) groups is 1. The number of aromatic nitrogens is 2. The van der Waals surface area contributed by atoms with Crippen molar-refractivity contribution in [1.29, 1.82) is 0 Å². The normalized spacial score (nSPS) is 16.4. The molecular weight excluding hydrogens is 354 g/mol. The first-order valence-corrected chi connectivity index (χ1v) is 9.22. The van der Waals surface area contributed by atoms with E-state index in [0.717, 1.165) is 18.4 Å². The Morgan fingerprint density at radius 3 is 2.77 bits per heavy atom. The second-order valence-corrected chi connectivity index (χ2v) is 6.87. The van der Waals surface area contributed by atoms with Gasteiger partial charge in [0.25, 0.3) is 5.56 Å². The Morgan fingerprint density at radius 2 is 2.12 bits per heavy atom. The number of hydrogen-bond acceptors (Lipinski definition) is 4. The summed E-state index contributed by atoms with van der Waals surface area (Å²) in [4.78, 5) is 34.0. The molecule has 1 amide bonds. The number of halogens is 1. The van der Waals surface area contributed by atoms with Gasteiger partial charge in [-0.05, 0) is 37.1 Å². The molecule has 1 aliphatic heterocycles. The summed E-state index contributed by atoms with van der Waals surface area (Å²) in [5.74, 6) is 0.136. The highest BCUT2D eigenvalue weighted by Gasteiger charge is 2.33. The predicted molar refractivity (Wildman–Crippen MR) is 100 cm³/mol. The standard InChI is InChI=1S/C19H22ClN3O3/c1-2-3-4-15-17-14(9-10-23(15)16(25)11-24)19(26)22-18(21-17)12-5-7-13(20)8-6-12/h5-8,15,24H,2-4,9-11H2,1H3,(H,21,22,26). The number of amides is 1. The number of rotatable bonds is 5. The van der Waals surface area contributed by atoms with Crippen LogP contribution in [0.2, 0.25) is 5.02 Å². The number of nitrogens with one attached hydrogen (secondary N) is 1. The highest BCUT2D eigenvalue weighted by molar-refractivity contribution is 6.30. The zero-order valence-corrected chi connectivity index (χ0v) is 15.4. The van der Waals surface area contributed by atoms with Gasteiger partial charge in [-0.15, -0.1) is 0 Å². The quantitative estimate of drug-likeness (QED) is 0.841. The van der Waals surface area contributed by atoms with Gasteiger partial charge in [-0.3, -0.25) is 9.59 Å². The molecule has 0 aliphatic carbocycles. The number of benzene rings is 1. The molecule has 1 atom stereocenters. The van der Waals surface area contributed by atoms with E-state index in [4.69, 9.17) is 16.6 Å². The minimum absolute atomic E-state index is 0.169. The number of aromatic amines is 1. The third-order valence-corrected chi connectivity index (χ3v) is 5.00. The molecular formula is C19H22ClN3O3. The maximum absolute atomic E-state index is 12.6. The van der Waals surface area contributed by atoms with Gasteiger partial charge < -0.3 is 15.0 Å². The van der Waals surface area contributed by atoms with Crippen molar-refractivity contribution in [3.05, 3.63) is 50.9 Å². The van der Waals surface area contributed by atoms with Gasteiger partial charge in [-0.1, -0.05) is 31.4 Å². The van der Waals surface area contributed by atoms with Gasteiger partial charge in [0.15, 0.2) is 0 Å². The van der Waals surface area contributed by atoms with Crippen LogP contribution in [0.1, 0.15) is 43.5 Å². The van der Waals surface area contributed by atoms with Gasteiger partial charge in [0.05, 0.1) is 11.7 Å². The van der Waals surface area contributed by atoms with Crippen molar-refractivity contribution in [3.8, 4) is 11.4 Å². The summed E-state index contributed by atoms with van der Waals surface area (Å²) in [5.41, 5.74) is 1.86. The number of nitrogens with zero attached hydrogens (tertiary/aromatic N) is 2. The van der Waals surface area contributed by atoms with Crippen molar-refractivity contribution >= 4 is 17.5 Å². The van der Waals surface area contributed by atoms with Crippen molar-refractivity contribution in [2.45, 2.75) is 38.6 Å². The lowest BCUT2D eigenvalue weighted by Gasteiger charge is -2.36. The van der Waals surface area contributed by atoms with E-state index in [1.165, 1.54) is 0 Å². The van der Waals surface area contributed by atoms with Crippen molar-refractivity contribution in [2.24, 2.45) is 0 Å². The molecule has 1 aliphatic rings. The first-order chi connectivity index (χ1) is 12.5. The van der Waals surface area contributed by atoms with E-state index in [-0.39, 0.29) is 17.5 Å². The van der Waals surface area contributed by atoms with Crippen molar-refractivity contribution in [3.63, 3.8) is 0 Å². The van der Waals surface area contributed by atoms with Crippen LogP contribution in [0.15, 0.2) is 29.1 Å². The van der Waals surface area contributed by atoms with Gasteiger partial charge in [0, 0.05) is 22.7 Å². The number of carbonyl (C=O) groups excluding carboxylic acids is 1. The molecule has 0 saturated heterocycles. The van der Waals surface area contributed by atoms with E-state index < -0.39 is 6.61 Å². The molecule has 1 aromatic heterocycles. The monoisotopic (exact) mass is 375 g/mol. The van der Waals surface area contributed by atoms with Crippen LogP contribution < -0.4 is 5.56 Å². The minimum Gasteiger partial charge on any atom is -0.387 e. The van der Waals surface area contributed by atoms with E-state index in [1.807, 2.05) is 0 Å². The Morgan fingerprint density at radius 1 is 1.38 bits per heavy atom. The largest absolute Gasteiger partial charge is 0.387 e. The number of hydrogen-bond donors (Lipinski definition) is 2. The number of unbranched alkanes of at least 4 members (excludes halogenated alkanes) is 1. The first-order valence-electron chi connectivity index (χ1n) is 8.84. The second kappa shape index (κ2) is 8.01. The first kappa shape index (κ1) is 18.6. The Labute approximate surface area is 156 Å². The van der Waals surface area contributed by atoms with E-state index in [2.05, 4.69) is 11.9 Å². The SMILES string of the molecule is CCCCC1c2nc(-c3ccc(Cl)cc3)[nH]c(=O)c2CCN1C(=O)CO.